The van der Waals surface area contributed by atoms with E-state index in [0.717, 1.165) is 22.9 Å². The van der Waals surface area contributed by atoms with Crippen LogP contribution in [0.1, 0.15) is 63.7 Å². The van der Waals surface area contributed by atoms with Crippen molar-refractivity contribution in [1.82, 2.24) is 20.1 Å². The summed E-state index contributed by atoms with van der Waals surface area (Å²) >= 11 is 0. The molecule has 0 saturated carbocycles. The number of nitrogens with one attached hydrogen (secondary N) is 1. The van der Waals surface area contributed by atoms with Gasteiger partial charge in [0.1, 0.15) is 35.9 Å². The number of alkyl halides is 3. The maximum Gasteiger partial charge on any atom is 0.435 e. The van der Waals surface area contributed by atoms with Gasteiger partial charge in [0.25, 0.3) is 0 Å². The SMILES string of the molecule is NC(O)c1cc(-c2cccnc2C(Cc2cc(F)cc(F)c2)NC(=O)Cn2nc(C(F)(F)F)c3c2C(=O)CCC3)ccc1F. The summed E-state index contributed by atoms with van der Waals surface area (Å²) in [5.74, 6) is -3.97. The van der Waals surface area contributed by atoms with Crippen molar-refractivity contribution in [3.63, 3.8) is 0 Å². The number of rotatable bonds is 8. The highest BCUT2D eigenvalue weighted by atomic mass is 19.4. The highest BCUT2D eigenvalue weighted by Crippen LogP contribution is 2.36. The minimum absolute atomic E-state index is 0.000178. The molecule has 44 heavy (non-hydrogen) atoms. The normalized spacial score (nSPS) is 14.7. The fourth-order valence-electron chi connectivity index (χ4n) is 5.37. The monoisotopic (exact) mass is 617 g/mol. The maximum atomic E-state index is 14.3. The van der Waals surface area contributed by atoms with E-state index in [4.69, 9.17) is 5.73 Å². The second-order valence-electron chi connectivity index (χ2n) is 10.3. The van der Waals surface area contributed by atoms with Crippen molar-refractivity contribution >= 4 is 11.7 Å². The Kier molecular flexibility index (Phi) is 8.57. The van der Waals surface area contributed by atoms with Gasteiger partial charge < -0.3 is 16.2 Å². The number of nitrogens with zero attached hydrogens (tertiary/aromatic N) is 3. The molecule has 1 aliphatic carbocycles. The molecule has 0 saturated heterocycles. The van der Waals surface area contributed by atoms with E-state index in [0.29, 0.717) is 17.2 Å². The van der Waals surface area contributed by atoms with Gasteiger partial charge in [-0.2, -0.15) is 18.3 Å². The van der Waals surface area contributed by atoms with Crippen LogP contribution in [0.2, 0.25) is 0 Å². The van der Waals surface area contributed by atoms with E-state index < -0.39 is 59.8 Å². The van der Waals surface area contributed by atoms with Gasteiger partial charge in [0.2, 0.25) is 5.91 Å². The lowest BCUT2D eigenvalue weighted by Crippen LogP contribution is -2.34. The molecular formula is C30H25F6N5O3. The first-order chi connectivity index (χ1) is 20.8. The number of benzene rings is 2. The lowest BCUT2D eigenvalue weighted by atomic mass is 9.94. The van der Waals surface area contributed by atoms with Crippen LogP contribution in [0.3, 0.4) is 0 Å². The summed E-state index contributed by atoms with van der Waals surface area (Å²) in [6.45, 7) is -0.763. The molecule has 2 atom stereocenters. The van der Waals surface area contributed by atoms with Crippen LogP contribution in [0.25, 0.3) is 11.1 Å². The van der Waals surface area contributed by atoms with E-state index >= 15 is 0 Å². The second-order valence-corrected chi connectivity index (χ2v) is 10.3. The zero-order valence-electron chi connectivity index (χ0n) is 22.8. The van der Waals surface area contributed by atoms with Crippen molar-refractivity contribution in [3.8, 4) is 11.1 Å². The third-order valence-electron chi connectivity index (χ3n) is 7.20. The Labute approximate surface area is 246 Å². The zero-order chi connectivity index (χ0) is 31.8. The molecule has 2 aromatic heterocycles. The topological polar surface area (TPSA) is 123 Å². The third kappa shape index (κ3) is 6.50. The fraction of sp³-hybridized carbons (Fsp3) is 0.267. The molecule has 0 aliphatic heterocycles. The van der Waals surface area contributed by atoms with Crippen LogP contribution in [-0.2, 0) is 30.4 Å². The van der Waals surface area contributed by atoms with Crippen LogP contribution < -0.4 is 11.1 Å². The van der Waals surface area contributed by atoms with E-state index in [1.807, 2.05) is 0 Å². The summed E-state index contributed by atoms with van der Waals surface area (Å²) in [6, 6.07) is 8.48. The smallest absolute Gasteiger partial charge is 0.374 e. The fourth-order valence-corrected chi connectivity index (χ4v) is 5.37. The third-order valence-corrected chi connectivity index (χ3v) is 7.20. The highest BCUT2D eigenvalue weighted by Gasteiger charge is 2.41. The maximum absolute atomic E-state index is 14.3. The van der Waals surface area contributed by atoms with Gasteiger partial charge in [-0.05, 0) is 60.7 Å². The van der Waals surface area contributed by atoms with Crippen molar-refractivity contribution in [2.75, 3.05) is 0 Å². The number of aliphatic hydroxyl groups is 1. The highest BCUT2D eigenvalue weighted by molar-refractivity contribution is 5.97. The number of carbonyl (C=O) groups excluding carboxylic acids is 2. The lowest BCUT2D eigenvalue weighted by molar-refractivity contribution is -0.142. The molecule has 0 bridgehead atoms. The second kappa shape index (κ2) is 12.2. The van der Waals surface area contributed by atoms with Crippen LogP contribution in [0.15, 0.2) is 54.7 Å². The summed E-state index contributed by atoms with van der Waals surface area (Å²) in [7, 11) is 0. The molecule has 0 radical (unpaired) electrons. The summed E-state index contributed by atoms with van der Waals surface area (Å²) in [6.07, 6.45) is -5.15. The number of aromatic nitrogens is 3. The number of ketones is 1. The number of amides is 1. The predicted molar refractivity (Wildman–Crippen MR) is 144 cm³/mol. The minimum atomic E-state index is -4.85. The molecule has 1 amide bonds. The lowest BCUT2D eigenvalue weighted by Gasteiger charge is -2.22. The van der Waals surface area contributed by atoms with E-state index in [2.05, 4.69) is 15.4 Å². The number of pyridine rings is 1. The van der Waals surface area contributed by atoms with Gasteiger partial charge in [0.05, 0.1) is 11.7 Å². The predicted octanol–water partition coefficient (Wildman–Crippen LogP) is 4.95. The Morgan fingerprint density at radius 2 is 1.80 bits per heavy atom. The molecule has 14 heteroatoms. The average Bonchev–Trinajstić information content (AvgIpc) is 3.32. The summed E-state index contributed by atoms with van der Waals surface area (Å²) < 4.78 is 84.2. The first kappa shape index (κ1) is 30.9. The van der Waals surface area contributed by atoms with Crippen molar-refractivity contribution in [3.05, 3.63) is 106 Å². The average molecular weight is 618 g/mol. The zero-order valence-corrected chi connectivity index (χ0v) is 22.8. The molecule has 1 aliphatic rings. The van der Waals surface area contributed by atoms with Crippen molar-refractivity contribution in [2.24, 2.45) is 5.73 Å². The number of hydrogen-bond acceptors (Lipinski definition) is 6. The molecule has 5 rings (SSSR count). The minimum Gasteiger partial charge on any atom is -0.374 e. The number of nitrogens with two attached hydrogens (primary N) is 1. The number of hydrogen-bond donors (Lipinski definition) is 3. The molecule has 4 N–H and O–H groups in total. The quantitative estimate of drug-likeness (QED) is 0.190. The Morgan fingerprint density at radius 1 is 1.07 bits per heavy atom. The van der Waals surface area contributed by atoms with E-state index in [1.54, 1.807) is 12.1 Å². The number of halogens is 6. The van der Waals surface area contributed by atoms with Gasteiger partial charge in [-0.3, -0.25) is 19.3 Å². The number of aliphatic hydroxyl groups excluding tert-OH is 1. The Bertz CT molecular complexity index is 1720. The standard InChI is InChI=1S/C30H25F6N5O3/c31-17-9-15(10-18(32)13-17)11-23(26-19(4-2-8-38-26)16-6-7-22(33)21(12-16)29(37)44)39-25(43)14-41-27-20(3-1-5-24(27)42)28(40-41)30(34,35)36/h2,4,6-10,12-13,23,29,44H,1,3,5,11,14,37H2,(H,39,43). The molecule has 2 heterocycles. The van der Waals surface area contributed by atoms with Gasteiger partial charge in [-0.15, -0.1) is 0 Å². The Hall–Kier alpha value is -4.56. The molecule has 2 unspecified atom stereocenters. The van der Waals surface area contributed by atoms with Crippen LogP contribution in [0.5, 0.6) is 0 Å². The summed E-state index contributed by atoms with van der Waals surface area (Å²) in [5, 5.41) is 16.0. The van der Waals surface area contributed by atoms with E-state index in [-0.39, 0.29) is 53.8 Å². The van der Waals surface area contributed by atoms with Gasteiger partial charge in [0, 0.05) is 35.4 Å². The Morgan fingerprint density at radius 3 is 2.48 bits per heavy atom. The summed E-state index contributed by atoms with van der Waals surface area (Å²) in [5.41, 5.74) is 4.41. The van der Waals surface area contributed by atoms with Crippen molar-refractivity contribution in [2.45, 2.75) is 50.7 Å². The molecule has 230 valence electrons. The number of Topliss-reactive ketones (excluding diaryl/α,β-unsaturated/α-hetero) is 1. The van der Waals surface area contributed by atoms with Crippen LogP contribution in [0, 0.1) is 17.5 Å². The van der Waals surface area contributed by atoms with E-state index in [9.17, 15) is 41.0 Å². The molecule has 2 aromatic carbocycles. The van der Waals surface area contributed by atoms with Gasteiger partial charge in [0.15, 0.2) is 11.5 Å². The van der Waals surface area contributed by atoms with Crippen molar-refractivity contribution < 1.29 is 41.0 Å². The first-order valence-electron chi connectivity index (χ1n) is 13.4. The van der Waals surface area contributed by atoms with E-state index in [1.165, 1.54) is 18.3 Å². The largest absolute Gasteiger partial charge is 0.435 e. The van der Waals surface area contributed by atoms with Gasteiger partial charge in [-0.1, -0.05) is 12.1 Å². The summed E-state index contributed by atoms with van der Waals surface area (Å²) in [4.78, 5) is 30.3. The van der Waals surface area contributed by atoms with Crippen molar-refractivity contribution in [1.29, 1.82) is 0 Å². The van der Waals surface area contributed by atoms with Crippen LogP contribution >= 0.6 is 0 Å². The van der Waals surface area contributed by atoms with Gasteiger partial charge in [-0.25, -0.2) is 13.2 Å². The van der Waals surface area contributed by atoms with Gasteiger partial charge >= 0.3 is 6.18 Å². The molecular weight excluding hydrogens is 592 g/mol. The molecule has 0 fully saturated rings. The Balaban J connectivity index is 1.54. The molecule has 4 aromatic rings. The first-order valence-corrected chi connectivity index (χ1v) is 13.4. The molecule has 8 nitrogen and oxygen atoms in total. The number of carbonyl (C=O) groups is 2. The molecule has 0 spiro atoms. The number of fused-ring (bicyclic) bond motifs is 1. The van der Waals surface area contributed by atoms with Crippen LogP contribution in [0.4, 0.5) is 26.3 Å². The van der Waals surface area contributed by atoms with Crippen LogP contribution in [-0.4, -0.2) is 31.6 Å².